The number of carbonyl (C=O) groups excluding carboxylic acids is 1. The molecule has 2 heterocycles. The number of methoxy groups -OCH3 is 2. The van der Waals surface area contributed by atoms with Crippen LogP contribution in [0.5, 0.6) is 11.5 Å². The minimum absolute atomic E-state index is 0.345. The van der Waals surface area contributed by atoms with Gasteiger partial charge in [-0.15, -0.1) is 6.58 Å². The first kappa shape index (κ1) is 20.6. The summed E-state index contributed by atoms with van der Waals surface area (Å²) in [5.41, 5.74) is 0.834. The summed E-state index contributed by atoms with van der Waals surface area (Å²) in [6, 6.07) is 2.91. The molecule has 2 aromatic rings. The van der Waals surface area contributed by atoms with E-state index in [4.69, 9.17) is 9.47 Å². The van der Waals surface area contributed by atoms with Gasteiger partial charge in [0.15, 0.2) is 16.3 Å². The lowest BCUT2D eigenvalue weighted by Crippen LogP contribution is -2.39. The minimum atomic E-state index is -3.45. The Morgan fingerprint density at radius 1 is 1.36 bits per heavy atom. The maximum absolute atomic E-state index is 12.8. The number of carbonyl (C=O) groups is 1. The van der Waals surface area contributed by atoms with Crippen molar-refractivity contribution in [2.45, 2.75) is 25.4 Å². The molecule has 1 aliphatic rings. The highest BCUT2D eigenvalue weighted by atomic mass is 32.2. The summed E-state index contributed by atoms with van der Waals surface area (Å²) in [4.78, 5) is 17.6. The number of benzene rings is 1. The van der Waals surface area contributed by atoms with E-state index < -0.39 is 22.0 Å². The molecule has 1 aromatic heterocycles. The number of hydrogen-bond acceptors (Lipinski definition) is 6. The Morgan fingerprint density at radius 2 is 2.04 bits per heavy atom. The van der Waals surface area contributed by atoms with Crippen LogP contribution in [0, 0.1) is 0 Å². The second-order valence-electron chi connectivity index (χ2n) is 6.44. The second kappa shape index (κ2) is 8.06. The van der Waals surface area contributed by atoms with Gasteiger partial charge in [0.1, 0.15) is 6.04 Å². The molecular formula is C18H23N3O5S2. The van der Waals surface area contributed by atoms with Crippen molar-refractivity contribution in [3.8, 4) is 11.5 Å². The Morgan fingerprint density at radius 3 is 2.64 bits per heavy atom. The van der Waals surface area contributed by atoms with Crippen LogP contribution < -0.4 is 14.3 Å². The van der Waals surface area contributed by atoms with Crippen molar-refractivity contribution in [2.24, 2.45) is 4.99 Å². The van der Waals surface area contributed by atoms with Crippen LogP contribution in [0.4, 0.5) is 0 Å². The number of fused-ring (bicyclic) bond motifs is 1. The van der Waals surface area contributed by atoms with Crippen LogP contribution >= 0.6 is 11.3 Å². The SMILES string of the molecule is C=CCn1c(=NC(=O)C2CCCN2S(C)(=O)=O)sc2cc(OC)c(OC)cc21. The van der Waals surface area contributed by atoms with Crippen molar-refractivity contribution in [3.63, 3.8) is 0 Å². The molecule has 152 valence electrons. The lowest BCUT2D eigenvalue weighted by molar-refractivity contribution is -0.121. The second-order valence-corrected chi connectivity index (χ2v) is 9.38. The molecule has 0 saturated carbocycles. The first-order chi connectivity index (χ1) is 13.3. The van der Waals surface area contributed by atoms with Gasteiger partial charge in [0.05, 0.1) is 30.7 Å². The number of hydrogen-bond donors (Lipinski definition) is 0. The van der Waals surface area contributed by atoms with E-state index in [-0.39, 0.29) is 0 Å². The van der Waals surface area contributed by atoms with Crippen LogP contribution in [0.2, 0.25) is 0 Å². The zero-order chi connectivity index (χ0) is 20.5. The lowest BCUT2D eigenvalue weighted by atomic mass is 10.2. The molecule has 3 rings (SSSR count). The molecule has 0 N–H and O–H groups in total. The fraction of sp³-hybridized carbons (Fsp3) is 0.444. The van der Waals surface area contributed by atoms with Crippen molar-refractivity contribution < 1.29 is 22.7 Å². The molecular weight excluding hydrogens is 402 g/mol. The third-order valence-corrected chi connectivity index (χ3v) is 6.95. The summed E-state index contributed by atoms with van der Waals surface area (Å²) in [5.74, 6) is 0.702. The summed E-state index contributed by atoms with van der Waals surface area (Å²) in [6.07, 6.45) is 3.95. The van der Waals surface area contributed by atoms with E-state index in [1.807, 2.05) is 16.7 Å². The van der Waals surface area contributed by atoms with Gasteiger partial charge < -0.3 is 14.0 Å². The summed E-state index contributed by atoms with van der Waals surface area (Å²) in [6.45, 7) is 4.57. The first-order valence-corrected chi connectivity index (χ1v) is 11.4. The third kappa shape index (κ3) is 3.85. The fourth-order valence-corrected chi connectivity index (χ4v) is 5.51. The zero-order valence-electron chi connectivity index (χ0n) is 16.0. The number of ether oxygens (including phenoxy) is 2. The van der Waals surface area contributed by atoms with E-state index in [9.17, 15) is 13.2 Å². The standard InChI is InChI=1S/C18H23N3O5S2/c1-5-8-20-13-10-14(25-2)15(26-3)11-16(13)27-18(20)19-17(22)12-7-6-9-21(12)28(4,23)24/h5,10-12H,1,6-9H2,2-4H3. The van der Waals surface area contributed by atoms with Gasteiger partial charge in [0.25, 0.3) is 5.91 Å². The van der Waals surface area contributed by atoms with Crippen LogP contribution in [-0.4, -0.2) is 56.3 Å². The summed E-state index contributed by atoms with van der Waals surface area (Å²) < 4.78 is 38.6. The van der Waals surface area contributed by atoms with Crippen LogP contribution in [0.15, 0.2) is 29.8 Å². The third-order valence-electron chi connectivity index (χ3n) is 4.62. The van der Waals surface area contributed by atoms with E-state index in [1.54, 1.807) is 20.3 Å². The molecule has 1 fully saturated rings. The molecule has 1 atom stereocenters. The Hall–Kier alpha value is -2.17. The van der Waals surface area contributed by atoms with E-state index in [1.165, 1.54) is 15.6 Å². The number of amides is 1. The quantitative estimate of drug-likeness (QED) is 0.658. The molecule has 1 unspecified atom stereocenters. The van der Waals surface area contributed by atoms with Gasteiger partial charge in [-0.1, -0.05) is 17.4 Å². The van der Waals surface area contributed by atoms with Crippen molar-refractivity contribution in [1.29, 1.82) is 0 Å². The van der Waals surface area contributed by atoms with Gasteiger partial charge in [0, 0.05) is 25.2 Å². The summed E-state index contributed by atoms with van der Waals surface area (Å²) in [5, 5.41) is 0. The average Bonchev–Trinajstić information content (AvgIpc) is 3.26. The predicted octanol–water partition coefficient (Wildman–Crippen LogP) is 1.76. The summed E-state index contributed by atoms with van der Waals surface area (Å²) >= 11 is 1.33. The lowest BCUT2D eigenvalue weighted by Gasteiger charge is -2.18. The highest BCUT2D eigenvalue weighted by Gasteiger charge is 2.36. The van der Waals surface area contributed by atoms with Gasteiger partial charge in [-0.25, -0.2) is 8.42 Å². The van der Waals surface area contributed by atoms with Crippen molar-refractivity contribution >= 4 is 37.5 Å². The van der Waals surface area contributed by atoms with Crippen LogP contribution in [0.3, 0.4) is 0 Å². The van der Waals surface area contributed by atoms with Crippen molar-refractivity contribution in [3.05, 3.63) is 29.6 Å². The number of rotatable bonds is 6. The Labute approximate surface area is 167 Å². The van der Waals surface area contributed by atoms with Gasteiger partial charge in [-0.05, 0) is 12.8 Å². The minimum Gasteiger partial charge on any atom is -0.493 e. The molecule has 0 spiro atoms. The van der Waals surface area contributed by atoms with E-state index in [0.29, 0.717) is 42.2 Å². The Bertz CT molecular complexity index is 1080. The number of nitrogens with zero attached hydrogens (tertiary/aromatic N) is 3. The molecule has 28 heavy (non-hydrogen) atoms. The van der Waals surface area contributed by atoms with E-state index >= 15 is 0 Å². The maximum Gasteiger partial charge on any atom is 0.266 e. The molecule has 1 aromatic carbocycles. The van der Waals surface area contributed by atoms with Gasteiger partial charge in [-0.3, -0.25) is 4.79 Å². The Kier molecular flexibility index (Phi) is 5.92. The van der Waals surface area contributed by atoms with Crippen molar-refractivity contribution in [2.75, 3.05) is 27.0 Å². The predicted molar refractivity (Wildman–Crippen MR) is 108 cm³/mol. The van der Waals surface area contributed by atoms with Gasteiger partial charge >= 0.3 is 0 Å². The molecule has 0 aliphatic carbocycles. The van der Waals surface area contributed by atoms with Crippen LogP contribution in [0.1, 0.15) is 12.8 Å². The zero-order valence-corrected chi connectivity index (χ0v) is 17.7. The monoisotopic (exact) mass is 425 g/mol. The highest BCUT2D eigenvalue weighted by molar-refractivity contribution is 7.88. The van der Waals surface area contributed by atoms with Gasteiger partial charge in [0.2, 0.25) is 10.0 Å². The molecule has 1 saturated heterocycles. The molecule has 1 amide bonds. The normalized spacial score (nSPS) is 18.5. The number of thiazole rings is 1. The Balaban J connectivity index is 2.12. The van der Waals surface area contributed by atoms with Crippen LogP contribution in [0.25, 0.3) is 10.2 Å². The number of allylic oxidation sites excluding steroid dienone is 1. The fourth-order valence-electron chi connectivity index (χ4n) is 3.34. The van der Waals surface area contributed by atoms with Crippen molar-refractivity contribution in [1.82, 2.24) is 8.87 Å². The van der Waals surface area contributed by atoms with E-state index in [0.717, 1.165) is 16.5 Å². The van der Waals surface area contributed by atoms with E-state index in [2.05, 4.69) is 11.6 Å². The largest absolute Gasteiger partial charge is 0.493 e. The molecule has 8 nitrogen and oxygen atoms in total. The summed E-state index contributed by atoms with van der Waals surface area (Å²) in [7, 11) is -0.335. The smallest absolute Gasteiger partial charge is 0.266 e. The topological polar surface area (TPSA) is 90.2 Å². The van der Waals surface area contributed by atoms with Gasteiger partial charge in [-0.2, -0.15) is 9.30 Å². The number of aromatic nitrogens is 1. The number of sulfonamides is 1. The average molecular weight is 426 g/mol. The molecule has 0 bridgehead atoms. The molecule has 1 aliphatic heterocycles. The first-order valence-electron chi connectivity index (χ1n) is 8.71. The van der Waals surface area contributed by atoms with Crippen LogP contribution in [-0.2, 0) is 21.4 Å². The molecule has 10 heteroatoms. The maximum atomic E-state index is 12.8. The molecule has 0 radical (unpaired) electrons. The highest BCUT2D eigenvalue weighted by Crippen LogP contribution is 2.33.